The average molecular weight is 416 g/mol. The van der Waals surface area contributed by atoms with E-state index in [9.17, 15) is 4.79 Å². The third kappa shape index (κ3) is 5.52. The molecular weight excluding hydrogens is 394 g/mol. The number of carbonyl (C=O) groups excluding carboxylic acids is 1. The van der Waals surface area contributed by atoms with Crippen LogP contribution in [0.5, 0.6) is 5.75 Å². The third-order valence-corrected chi connectivity index (χ3v) is 5.38. The van der Waals surface area contributed by atoms with Gasteiger partial charge in [-0.3, -0.25) is 9.78 Å². The molecule has 0 atom stereocenters. The zero-order chi connectivity index (χ0) is 20.6. The Balaban J connectivity index is 1.28. The van der Waals surface area contributed by atoms with Crippen molar-refractivity contribution in [2.45, 2.75) is 19.6 Å². The van der Waals surface area contributed by atoms with Crippen LogP contribution in [0.25, 0.3) is 10.6 Å². The molecule has 5 nitrogen and oxygen atoms in total. The van der Waals surface area contributed by atoms with Crippen molar-refractivity contribution < 1.29 is 9.53 Å². The van der Waals surface area contributed by atoms with Crippen molar-refractivity contribution >= 4 is 17.2 Å². The molecule has 1 N–H and O–H groups in total. The zero-order valence-electron chi connectivity index (χ0n) is 16.3. The molecule has 0 spiro atoms. The number of pyridine rings is 1. The summed E-state index contributed by atoms with van der Waals surface area (Å²) in [7, 11) is 0. The zero-order valence-corrected chi connectivity index (χ0v) is 17.1. The summed E-state index contributed by atoms with van der Waals surface area (Å²) in [6, 6.07) is 21.6. The standard InChI is InChI=1S/C24H21N3O2S/c28-23(13-21-17-30-24(27-21)20-9-5-11-25-15-20)26-14-19-8-4-10-22(12-19)29-16-18-6-2-1-3-7-18/h1-12,15,17H,13-14,16H2,(H,26,28). The highest BCUT2D eigenvalue weighted by molar-refractivity contribution is 7.13. The molecule has 0 unspecified atom stereocenters. The van der Waals surface area contributed by atoms with Crippen LogP contribution in [0.1, 0.15) is 16.8 Å². The van der Waals surface area contributed by atoms with Gasteiger partial charge in [-0.2, -0.15) is 0 Å². The van der Waals surface area contributed by atoms with Crippen LogP contribution in [0.4, 0.5) is 0 Å². The van der Waals surface area contributed by atoms with Crippen LogP contribution in [0.15, 0.2) is 84.5 Å². The predicted octanol–water partition coefficient (Wildman–Crippen LogP) is 4.64. The highest BCUT2D eigenvalue weighted by Crippen LogP contribution is 2.22. The Bertz CT molecular complexity index is 1100. The molecule has 0 radical (unpaired) electrons. The van der Waals surface area contributed by atoms with Crippen LogP contribution >= 0.6 is 11.3 Å². The lowest BCUT2D eigenvalue weighted by atomic mass is 10.2. The van der Waals surface area contributed by atoms with E-state index in [1.165, 1.54) is 11.3 Å². The molecule has 4 rings (SSSR count). The molecule has 0 aliphatic heterocycles. The Morgan fingerprint density at radius 2 is 1.87 bits per heavy atom. The van der Waals surface area contributed by atoms with Crippen LogP contribution < -0.4 is 10.1 Å². The van der Waals surface area contributed by atoms with Crippen LogP contribution in [0.2, 0.25) is 0 Å². The fourth-order valence-corrected chi connectivity index (χ4v) is 3.73. The van der Waals surface area contributed by atoms with Crippen molar-refractivity contribution in [3.05, 3.63) is 101 Å². The summed E-state index contributed by atoms with van der Waals surface area (Å²) in [5, 5.41) is 5.74. The lowest BCUT2D eigenvalue weighted by molar-refractivity contribution is -0.120. The van der Waals surface area contributed by atoms with Crippen molar-refractivity contribution in [3.8, 4) is 16.3 Å². The van der Waals surface area contributed by atoms with Gasteiger partial charge in [0.25, 0.3) is 0 Å². The van der Waals surface area contributed by atoms with Gasteiger partial charge in [0.1, 0.15) is 17.4 Å². The van der Waals surface area contributed by atoms with Gasteiger partial charge in [0, 0.05) is 29.9 Å². The first-order valence-electron chi connectivity index (χ1n) is 9.63. The second kappa shape index (κ2) is 9.80. The molecule has 0 saturated carbocycles. The molecule has 0 aliphatic rings. The lowest BCUT2D eigenvalue weighted by Crippen LogP contribution is -2.24. The minimum absolute atomic E-state index is 0.0614. The Morgan fingerprint density at radius 1 is 1.00 bits per heavy atom. The minimum atomic E-state index is -0.0614. The molecule has 150 valence electrons. The second-order valence-corrected chi connectivity index (χ2v) is 7.62. The maximum absolute atomic E-state index is 12.3. The van der Waals surface area contributed by atoms with Gasteiger partial charge in [0.05, 0.1) is 12.1 Å². The van der Waals surface area contributed by atoms with E-state index >= 15 is 0 Å². The van der Waals surface area contributed by atoms with E-state index in [1.807, 2.05) is 72.1 Å². The number of amides is 1. The molecule has 0 bridgehead atoms. The lowest BCUT2D eigenvalue weighted by Gasteiger charge is -2.09. The van der Waals surface area contributed by atoms with E-state index in [0.717, 1.165) is 33.1 Å². The predicted molar refractivity (Wildman–Crippen MR) is 118 cm³/mol. The second-order valence-electron chi connectivity index (χ2n) is 6.76. The molecule has 6 heteroatoms. The Morgan fingerprint density at radius 3 is 2.70 bits per heavy atom. The van der Waals surface area contributed by atoms with Crippen LogP contribution in [-0.2, 0) is 24.4 Å². The molecule has 0 fully saturated rings. The summed E-state index contributed by atoms with van der Waals surface area (Å²) in [4.78, 5) is 21.0. The van der Waals surface area contributed by atoms with Gasteiger partial charge in [-0.25, -0.2) is 4.98 Å². The number of ether oxygens (including phenoxy) is 1. The minimum Gasteiger partial charge on any atom is -0.489 e. The highest BCUT2D eigenvalue weighted by Gasteiger charge is 2.09. The topological polar surface area (TPSA) is 64.1 Å². The quantitative estimate of drug-likeness (QED) is 0.455. The maximum atomic E-state index is 12.3. The molecule has 2 aromatic carbocycles. The smallest absolute Gasteiger partial charge is 0.226 e. The molecule has 0 aliphatic carbocycles. The number of nitrogens with zero attached hydrogens (tertiary/aromatic N) is 2. The van der Waals surface area contributed by atoms with Crippen LogP contribution in [0.3, 0.4) is 0 Å². The van der Waals surface area contributed by atoms with Gasteiger partial charge in [-0.05, 0) is 35.4 Å². The summed E-state index contributed by atoms with van der Waals surface area (Å²) in [5.41, 5.74) is 3.83. The number of carbonyl (C=O) groups is 1. The maximum Gasteiger partial charge on any atom is 0.226 e. The summed E-state index contributed by atoms with van der Waals surface area (Å²) < 4.78 is 5.85. The Hall–Kier alpha value is -3.51. The summed E-state index contributed by atoms with van der Waals surface area (Å²) in [6.07, 6.45) is 3.75. The van der Waals surface area contributed by atoms with E-state index < -0.39 is 0 Å². The van der Waals surface area contributed by atoms with Crippen molar-refractivity contribution in [1.82, 2.24) is 15.3 Å². The largest absolute Gasteiger partial charge is 0.489 e. The fraction of sp³-hybridized carbons (Fsp3) is 0.125. The highest BCUT2D eigenvalue weighted by atomic mass is 32.1. The molecule has 2 aromatic heterocycles. The Kier molecular flexibility index (Phi) is 6.47. The van der Waals surface area contributed by atoms with Crippen molar-refractivity contribution in [3.63, 3.8) is 0 Å². The van der Waals surface area contributed by atoms with Crippen LogP contribution in [0, 0.1) is 0 Å². The van der Waals surface area contributed by atoms with Gasteiger partial charge >= 0.3 is 0 Å². The number of hydrogen-bond acceptors (Lipinski definition) is 5. The van der Waals surface area contributed by atoms with Gasteiger partial charge < -0.3 is 10.1 Å². The van der Waals surface area contributed by atoms with Gasteiger partial charge in [-0.1, -0.05) is 42.5 Å². The molecule has 1 amide bonds. The van der Waals surface area contributed by atoms with Crippen LogP contribution in [-0.4, -0.2) is 15.9 Å². The van der Waals surface area contributed by atoms with E-state index in [1.54, 1.807) is 12.4 Å². The molecule has 4 aromatic rings. The van der Waals surface area contributed by atoms with Gasteiger partial charge in [0.15, 0.2) is 0 Å². The number of hydrogen-bond donors (Lipinski definition) is 1. The van der Waals surface area contributed by atoms with Crippen molar-refractivity contribution in [2.75, 3.05) is 0 Å². The van der Waals surface area contributed by atoms with Crippen molar-refractivity contribution in [1.29, 1.82) is 0 Å². The fourth-order valence-electron chi connectivity index (χ4n) is 2.92. The summed E-state index contributed by atoms with van der Waals surface area (Å²) >= 11 is 1.52. The SMILES string of the molecule is O=C(Cc1csc(-c2cccnc2)n1)NCc1cccc(OCc2ccccc2)c1. The number of benzene rings is 2. The van der Waals surface area contributed by atoms with E-state index in [-0.39, 0.29) is 12.3 Å². The van der Waals surface area contributed by atoms with Crippen molar-refractivity contribution in [2.24, 2.45) is 0 Å². The molecule has 0 saturated heterocycles. The number of aromatic nitrogens is 2. The third-order valence-electron chi connectivity index (χ3n) is 4.44. The molecule has 30 heavy (non-hydrogen) atoms. The van der Waals surface area contributed by atoms with E-state index in [2.05, 4.69) is 15.3 Å². The summed E-state index contributed by atoms with van der Waals surface area (Å²) in [6.45, 7) is 0.959. The first-order chi connectivity index (χ1) is 14.8. The molecular formula is C24H21N3O2S. The first kappa shape index (κ1) is 19.8. The molecule has 2 heterocycles. The van der Waals surface area contributed by atoms with E-state index in [4.69, 9.17) is 4.74 Å². The number of thiazole rings is 1. The normalized spacial score (nSPS) is 10.5. The summed E-state index contributed by atoms with van der Waals surface area (Å²) in [5.74, 6) is 0.722. The monoisotopic (exact) mass is 415 g/mol. The van der Waals surface area contributed by atoms with Gasteiger partial charge in [0.2, 0.25) is 5.91 Å². The number of rotatable bonds is 8. The number of nitrogens with one attached hydrogen (secondary N) is 1. The van der Waals surface area contributed by atoms with E-state index in [0.29, 0.717) is 13.2 Å². The average Bonchev–Trinajstić information content (AvgIpc) is 3.26. The first-order valence-corrected chi connectivity index (χ1v) is 10.5. The van der Waals surface area contributed by atoms with Gasteiger partial charge in [-0.15, -0.1) is 11.3 Å². The Labute approximate surface area is 179 Å².